The van der Waals surface area contributed by atoms with Crippen LogP contribution in [0.4, 0.5) is 0 Å². The summed E-state index contributed by atoms with van der Waals surface area (Å²) in [6.07, 6.45) is 1.59. The van der Waals surface area contributed by atoms with Crippen LogP contribution in [0, 0.1) is 6.92 Å². The van der Waals surface area contributed by atoms with Crippen molar-refractivity contribution in [2.75, 3.05) is 0 Å². The molecule has 4 nitrogen and oxygen atoms in total. The van der Waals surface area contributed by atoms with E-state index < -0.39 is 5.63 Å². The number of allylic oxidation sites excluding steroid dienone is 1. The summed E-state index contributed by atoms with van der Waals surface area (Å²) >= 11 is 6.13. The number of carbonyl (C=O) groups excluding carboxylic acids is 1. The first-order chi connectivity index (χ1) is 11.5. The Balaban J connectivity index is 1.91. The molecule has 5 heteroatoms. The van der Waals surface area contributed by atoms with Gasteiger partial charge in [-0.3, -0.25) is 4.79 Å². The fraction of sp³-hybridized carbons (Fsp3) is 0.0526. The number of ketones is 1. The van der Waals surface area contributed by atoms with E-state index in [1.54, 1.807) is 43.3 Å². The number of hydrogen-bond acceptors (Lipinski definition) is 4. The number of benzene rings is 2. The summed E-state index contributed by atoms with van der Waals surface area (Å²) < 4.78 is 10.9. The average Bonchev–Trinajstić information content (AvgIpc) is 2.86. The molecule has 1 aliphatic rings. The molecule has 118 valence electrons. The van der Waals surface area contributed by atoms with E-state index in [1.165, 1.54) is 6.07 Å². The van der Waals surface area contributed by atoms with E-state index in [0.29, 0.717) is 21.7 Å². The predicted octanol–water partition coefficient (Wildman–Crippen LogP) is 4.37. The molecule has 4 rings (SSSR count). The lowest BCUT2D eigenvalue weighted by atomic mass is 10.0. The van der Waals surface area contributed by atoms with E-state index in [2.05, 4.69) is 0 Å². The predicted molar refractivity (Wildman–Crippen MR) is 91.6 cm³/mol. The summed E-state index contributed by atoms with van der Waals surface area (Å²) in [6, 6.07) is 12.0. The van der Waals surface area contributed by atoms with E-state index in [1.807, 2.05) is 6.07 Å². The van der Waals surface area contributed by atoms with Gasteiger partial charge >= 0.3 is 5.63 Å². The first-order valence-electron chi connectivity index (χ1n) is 7.31. The van der Waals surface area contributed by atoms with Crippen molar-refractivity contribution >= 4 is 34.4 Å². The highest BCUT2D eigenvalue weighted by Crippen LogP contribution is 2.37. The Hall–Kier alpha value is -2.85. The first kappa shape index (κ1) is 14.7. The van der Waals surface area contributed by atoms with Crippen LogP contribution in [0.1, 0.15) is 21.5 Å². The summed E-state index contributed by atoms with van der Waals surface area (Å²) in [6.45, 7) is 1.80. The maximum absolute atomic E-state index is 12.8. The van der Waals surface area contributed by atoms with Crippen molar-refractivity contribution in [3.05, 3.63) is 80.4 Å². The number of carbonyl (C=O) groups is 1. The summed E-state index contributed by atoms with van der Waals surface area (Å²) in [5.74, 6) is 0.193. The molecule has 0 spiro atoms. The van der Waals surface area contributed by atoms with Gasteiger partial charge in [0.1, 0.15) is 11.3 Å². The molecule has 2 aromatic carbocycles. The van der Waals surface area contributed by atoms with Crippen LogP contribution in [-0.4, -0.2) is 5.78 Å². The molecule has 0 radical (unpaired) electrons. The largest absolute Gasteiger partial charge is 0.452 e. The molecule has 0 saturated carbocycles. The van der Waals surface area contributed by atoms with Crippen molar-refractivity contribution in [2.45, 2.75) is 6.92 Å². The second-order valence-corrected chi connectivity index (χ2v) is 5.93. The number of ether oxygens (including phenoxy) is 1. The third kappa shape index (κ3) is 2.23. The molecule has 0 aliphatic carbocycles. The van der Waals surface area contributed by atoms with Crippen LogP contribution in [0.5, 0.6) is 5.75 Å². The van der Waals surface area contributed by atoms with Crippen LogP contribution in [0.2, 0.25) is 5.02 Å². The maximum Gasteiger partial charge on any atom is 0.336 e. The normalized spacial score (nSPS) is 14.9. The molecule has 0 saturated heterocycles. The average molecular weight is 339 g/mol. The van der Waals surface area contributed by atoms with Crippen molar-refractivity contribution in [3.63, 3.8) is 0 Å². The van der Waals surface area contributed by atoms with E-state index in [-0.39, 0.29) is 22.7 Å². The van der Waals surface area contributed by atoms with Gasteiger partial charge in [-0.25, -0.2) is 4.79 Å². The van der Waals surface area contributed by atoms with Crippen LogP contribution in [0.15, 0.2) is 57.4 Å². The maximum atomic E-state index is 12.8. The van der Waals surface area contributed by atoms with Gasteiger partial charge in [0, 0.05) is 16.5 Å². The number of fused-ring (bicyclic) bond motifs is 3. The molecule has 1 aliphatic heterocycles. The first-order valence-corrected chi connectivity index (χ1v) is 7.68. The molecule has 24 heavy (non-hydrogen) atoms. The Kier molecular flexibility index (Phi) is 3.28. The topological polar surface area (TPSA) is 56.5 Å². The molecule has 0 N–H and O–H groups in total. The second-order valence-electron chi connectivity index (χ2n) is 5.53. The zero-order chi connectivity index (χ0) is 16.8. The summed E-state index contributed by atoms with van der Waals surface area (Å²) in [7, 11) is 0. The minimum Gasteiger partial charge on any atom is -0.452 e. The molecule has 3 aromatic rings. The van der Waals surface area contributed by atoms with Gasteiger partial charge in [-0.2, -0.15) is 0 Å². The highest BCUT2D eigenvalue weighted by Gasteiger charge is 2.31. The van der Waals surface area contributed by atoms with Crippen molar-refractivity contribution < 1.29 is 13.9 Å². The quantitative estimate of drug-likeness (QED) is 0.488. The van der Waals surface area contributed by atoms with Gasteiger partial charge in [-0.05, 0) is 42.3 Å². The van der Waals surface area contributed by atoms with E-state index in [0.717, 1.165) is 5.56 Å². The fourth-order valence-corrected chi connectivity index (χ4v) is 2.97. The van der Waals surface area contributed by atoms with Gasteiger partial charge in [0.25, 0.3) is 0 Å². The molecule has 0 amide bonds. The number of aryl methyl sites for hydroxylation is 1. The molecular weight excluding hydrogens is 328 g/mol. The smallest absolute Gasteiger partial charge is 0.336 e. The van der Waals surface area contributed by atoms with Crippen molar-refractivity contribution in [1.82, 2.24) is 0 Å². The zero-order valence-corrected chi connectivity index (χ0v) is 13.4. The number of rotatable bonds is 1. The molecule has 2 heterocycles. The SMILES string of the molecule is Cc1cc(=O)oc2c3c(ccc12)O/C(=C\c1ccccc1Cl)C3=O. The van der Waals surface area contributed by atoms with Crippen LogP contribution in [-0.2, 0) is 0 Å². The van der Waals surface area contributed by atoms with Gasteiger partial charge in [0.2, 0.25) is 5.78 Å². The third-order valence-electron chi connectivity index (χ3n) is 3.94. The lowest BCUT2D eigenvalue weighted by Gasteiger charge is -2.03. The van der Waals surface area contributed by atoms with Crippen LogP contribution < -0.4 is 10.4 Å². The van der Waals surface area contributed by atoms with Crippen molar-refractivity contribution in [2.24, 2.45) is 0 Å². The molecule has 0 fully saturated rings. The number of halogens is 1. The summed E-state index contributed by atoms with van der Waals surface area (Å²) in [5.41, 5.74) is 1.46. The monoisotopic (exact) mass is 338 g/mol. The third-order valence-corrected chi connectivity index (χ3v) is 4.29. The van der Waals surface area contributed by atoms with E-state index >= 15 is 0 Å². The number of Topliss-reactive ketones (excluding diaryl/α,β-unsaturated/α-hetero) is 1. The number of hydrogen-bond donors (Lipinski definition) is 0. The van der Waals surface area contributed by atoms with Crippen LogP contribution >= 0.6 is 11.6 Å². The Morgan fingerprint density at radius 1 is 1.08 bits per heavy atom. The summed E-state index contributed by atoms with van der Waals surface area (Å²) in [4.78, 5) is 24.4. The Labute approximate surface area is 141 Å². The Bertz CT molecular complexity index is 1090. The minimum absolute atomic E-state index is 0.148. The minimum atomic E-state index is -0.496. The van der Waals surface area contributed by atoms with E-state index in [4.69, 9.17) is 20.8 Å². The van der Waals surface area contributed by atoms with Crippen molar-refractivity contribution in [1.29, 1.82) is 0 Å². The highest BCUT2D eigenvalue weighted by atomic mass is 35.5. The molecular formula is C19H11ClO4. The molecule has 0 bridgehead atoms. The van der Waals surface area contributed by atoms with Gasteiger partial charge in [0.05, 0.1) is 0 Å². The van der Waals surface area contributed by atoms with Gasteiger partial charge in [-0.1, -0.05) is 29.8 Å². The van der Waals surface area contributed by atoms with Gasteiger partial charge in [0.15, 0.2) is 11.3 Å². The van der Waals surface area contributed by atoms with Gasteiger partial charge in [-0.15, -0.1) is 0 Å². The standard InChI is InChI=1S/C19H11ClO4/c1-10-8-16(21)24-19-12(10)6-7-14-17(19)18(22)15(23-14)9-11-4-2-3-5-13(11)20/h2-9H,1H3/b15-9-. The van der Waals surface area contributed by atoms with E-state index in [9.17, 15) is 9.59 Å². The highest BCUT2D eigenvalue weighted by molar-refractivity contribution is 6.32. The lowest BCUT2D eigenvalue weighted by Crippen LogP contribution is -2.02. The summed E-state index contributed by atoms with van der Waals surface area (Å²) in [5, 5.41) is 1.23. The fourth-order valence-electron chi connectivity index (χ4n) is 2.78. The lowest BCUT2D eigenvalue weighted by molar-refractivity contribution is 0.101. The van der Waals surface area contributed by atoms with Crippen LogP contribution in [0.3, 0.4) is 0 Å². The van der Waals surface area contributed by atoms with Crippen molar-refractivity contribution in [3.8, 4) is 5.75 Å². The Morgan fingerprint density at radius 3 is 2.67 bits per heavy atom. The van der Waals surface area contributed by atoms with Crippen LogP contribution in [0.25, 0.3) is 17.0 Å². The molecule has 1 aromatic heterocycles. The molecule has 0 atom stereocenters. The Morgan fingerprint density at radius 2 is 1.88 bits per heavy atom. The van der Waals surface area contributed by atoms with Gasteiger partial charge < -0.3 is 9.15 Å². The second kappa shape index (κ2) is 5.35. The zero-order valence-electron chi connectivity index (χ0n) is 12.6. The molecule has 0 unspecified atom stereocenters.